The van der Waals surface area contributed by atoms with Gasteiger partial charge in [-0.2, -0.15) is 5.10 Å². The van der Waals surface area contributed by atoms with E-state index in [1.165, 1.54) is 28.7 Å². The quantitative estimate of drug-likeness (QED) is 0.909. The smallest absolute Gasteiger partial charge is 0.0568 e. The lowest BCUT2D eigenvalue weighted by Crippen LogP contribution is -2.12. The molecule has 3 heteroatoms. The van der Waals surface area contributed by atoms with E-state index in [9.17, 15) is 0 Å². The molecule has 0 fully saturated rings. The number of fused-ring (bicyclic) bond motifs is 1. The van der Waals surface area contributed by atoms with Crippen LogP contribution >= 0.6 is 0 Å². The van der Waals surface area contributed by atoms with Crippen molar-refractivity contribution in [3.8, 4) is 11.1 Å². The minimum atomic E-state index is 0.514. The highest BCUT2D eigenvalue weighted by Crippen LogP contribution is 2.37. The van der Waals surface area contributed by atoms with Crippen molar-refractivity contribution in [2.45, 2.75) is 38.8 Å². The number of rotatable bonds is 4. The van der Waals surface area contributed by atoms with E-state index in [0.717, 1.165) is 19.4 Å². The van der Waals surface area contributed by atoms with Gasteiger partial charge in [-0.25, -0.2) is 0 Å². The van der Waals surface area contributed by atoms with Gasteiger partial charge in [-0.15, -0.1) is 0 Å². The van der Waals surface area contributed by atoms with Gasteiger partial charge in [-0.05, 0) is 43.0 Å². The first-order valence-electron chi connectivity index (χ1n) is 7.15. The lowest BCUT2D eigenvalue weighted by Gasteiger charge is -2.11. The summed E-state index contributed by atoms with van der Waals surface area (Å²) in [5, 5.41) is 7.85. The first kappa shape index (κ1) is 12.4. The van der Waals surface area contributed by atoms with Crippen LogP contribution in [0.25, 0.3) is 11.1 Å². The van der Waals surface area contributed by atoms with Crippen molar-refractivity contribution in [3.63, 3.8) is 0 Å². The van der Waals surface area contributed by atoms with E-state index in [4.69, 9.17) is 0 Å². The molecule has 1 aromatic carbocycles. The molecule has 1 aromatic heterocycles. The molecule has 0 bridgehead atoms. The average molecular weight is 255 g/mol. The molecule has 0 radical (unpaired) electrons. The van der Waals surface area contributed by atoms with Crippen LogP contribution in [0, 0.1) is 0 Å². The second-order valence-electron chi connectivity index (χ2n) is 5.25. The Morgan fingerprint density at radius 2 is 2.32 bits per heavy atom. The SMILES string of the molecule is CCCn1cc(-c2cccc3c2CCC3NC)cn1. The zero-order chi connectivity index (χ0) is 13.2. The molecular weight excluding hydrogens is 234 g/mol. The molecule has 1 unspecified atom stereocenters. The lowest BCUT2D eigenvalue weighted by atomic mass is 9.98. The Balaban J connectivity index is 1.99. The van der Waals surface area contributed by atoms with Gasteiger partial charge in [-0.3, -0.25) is 4.68 Å². The Labute approximate surface area is 114 Å². The highest BCUT2D eigenvalue weighted by molar-refractivity contribution is 5.68. The van der Waals surface area contributed by atoms with Gasteiger partial charge in [0.25, 0.3) is 0 Å². The summed E-state index contributed by atoms with van der Waals surface area (Å²) in [5.41, 5.74) is 5.57. The Hall–Kier alpha value is -1.61. The summed E-state index contributed by atoms with van der Waals surface area (Å²) in [5.74, 6) is 0. The van der Waals surface area contributed by atoms with Crippen molar-refractivity contribution >= 4 is 0 Å². The highest BCUT2D eigenvalue weighted by atomic mass is 15.3. The van der Waals surface area contributed by atoms with Gasteiger partial charge >= 0.3 is 0 Å². The van der Waals surface area contributed by atoms with E-state index < -0.39 is 0 Å². The molecule has 1 N–H and O–H groups in total. The van der Waals surface area contributed by atoms with E-state index in [0.29, 0.717) is 6.04 Å². The number of hydrogen-bond acceptors (Lipinski definition) is 2. The van der Waals surface area contributed by atoms with E-state index >= 15 is 0 Å². The molecule has 3 nitrogen and oxygen atoms in total. The van der Waals surface area contributed by atoms with Gasteiger partial charge in [0, 0.05) is 24.3 Å². The number of benzene rings is 1. The lowest BCUT2D eigenvalue weighted by molar-refractivity contribution is 0.590. The molecule has 1 heterocycles. The zero-order valence-corrected chi connectivity index (χ0v) is 11.7. The minimum absolute atomic E-state index is 0.514. The van der Waals surface area contributed by atoms with Crippen molar-refractivity contribution in [2.75, 3.05) is 7.05 Å². The number of aryl methyl sites for hydroxylation is 1. The summed E-state index contributed by atoms with van der Waals surface area (Å²) in [6.45, 7) is 3.17. The van der Waals surface area contributed by atoms with Gasteiger partial charge in [0.2, 0.25) is 0 Å². The van der Waals surface area contributed by atoms with E-state index in [2.05, 4.69) is 41.7 Å². The van der Waals surface area contributed by atoms with Crippen molar-refractivity contribution in [2.24, 2.45) is 0 Å². The topological polar surface area (TPSA) is 29.9 Å². The third-order valence-corrected chi connectivity index (χ3v) is 4.02. The van der Waals surface area contributed by atoms with Crippen LogP contribution < -0.4 is 5.32 Å². The van der Waals surface area contributed by atoms with Crippen molar-refractivity contribution in [1.82, 2.24) is 15.1 Å². The molecule has 1 aliphatic carbocycles. The van der Waals surface area contributed by atoms with E-state index in [1.54, 1.807) is 0 Å². The van der Waals surface area contributed by atoms with Crippen LogP contribution in [0.2, 0.25) is 0 Å². The van der Waals surface area contributed by atoms with Crippen LogP contribution in [-0.4, -0.2) is 16.8 Å². The number of nitrogens with zero attached hydrogens (tertiary/aromatic N) is 2. The first-order valence-corrected chi connectivity index (χ1v) is 7.15. The highest BCUT2D eigenvalue weighted by Gasteiger charge is 2.23. The molecule has 0 saturated carbocycles. The summed E-state index contributed by atoms with van der Waals surface area (Å²) in [7, 11) is 2.05. The monoisotopic (exact) mass is 255 g/mol. The normalized spacial score (nSPS) is 17.7. The Morgan fingerprint density at radius 1 is 1.42 bits per heavy atom. The maximum absolute atomic E-state index is 4.45. The minimum Gasteiger partial charge on any atom is -0.313 e. The molecule has 3 rings (SSSR count). The first-order chi connectivity index (χ1) is 9.33. The van der Waals surface area contributed by atoms with Gasteiger partial charge in [-0.1, -0.05) is 25.1 Å². The summed E-state index contributed by atoms with van der Waals surface area (Å²) >= 11 is 0. The fraction of sp³-hybridized carbons (Fsp3) is 0.438. The molecule has 0 aliphatic heterocycles. The number of nitrogens with one attached hydrogen (secondary N) is 1. The second kappa shape index (κ2) is 5.17. The molecule has 0 spiro atoms. The largest absolute Gasteiger partial charge is 0.313 e. The maximum atomic E-state index is 4.45. The Morgan fingerprint density at radius 3 is 3.11 bits per heavy atom. The predicted molar refractivity (Wildman–Crippen MR) is 78.1 cm³/mol. The van der Waals surface area contributed by atoms with E-state index in [1.807, 2.05) is 17.9 Å². The molecule has 0 saturated heterocycles. The third-order valence-electron chi connectivity index (χ3n) is 4.02. The molecule has 1 atom stereocenters. The second-order valence-corrected chi connectivity index (χ2v) is 5.25. The molecule has 0 amide bonds. The Kier molecular flexibility index (Phi) is 3.38. The molecule has 2 aromatic rings. The van der Waals surface area contributed by atoms with Gasteiger partial charge < -0.3 is 5.32 Å². The fourth-order valence-corrected chi connectivity index (χ4v) is 3.08. The van der Waals surface area contributed by atoms with Gasteiger partial charge in [0.05, 0.1) is 6.20 Å². The van der Waals surface area contributed by atoms with Crippen LogP contribution in [0.15, 0.2) is 30.6 Å². The average Bonchev–Trinajstić information content (AvgIpc) is 3.05. The predicted octanol–water partition coefficient (Wildman–Crippen LogP) is 3.17. The summed E-state index contributed by atoms with van der Waals surface area (Å²) < 4.78 is 2.04. The standard InChI is InChI=1S/C16H21N3/c1-3-9-19-11-12(10-18-19)13-5-4-6-15-14(13)7-8-16(15)17-2/h4-6,10-11,16-17H,3,7-9H2,1-2H3. The molecular formula is C16H21N3. The third kappa shape index (κ3) is 2.19. The van der Waals surface area contributed by atoms with E-state index in [-0.39, 0.29) is 0 Å². The summed E-state index contributed by atoms with van der Waals surface area (Å²) in [6, 6.07) is 7.16. The molecule has 100 valence electrons. The maximum Gasteiger partial charge on any atom is 0.0568 e. The van der Waals surface area contributed by atoms with Gasteiger partial charge in [0.1, 0.15) is 0 Å². The Bertz CT molecular complexity index is 571. The van der Waals surface area contributed by atoms with Crippen LogP contribution in [0.5, 0.6) is 0 Å². The summed E-state index contributed by atoms with van der Waals surface area (Å²) in [6.07, 6.45) is 7.65. The van der Waals surface area contributed by atoms with Crippen LogP contribution in [0.4, 0.5) is 0 Å². The molecule has 19 heavy (non-hydrogen) atoms. The number of aromatic nitrogens is 2. The number of hydrogen-bond donors (Lipinski definition) is 1. The fourth-order valence-electron chi connectivity index (χ4n) is 3.08. The zero-order valence-electron chi connectivity index (χ0n) is 11.7. The molecule has 1 aliphatic rings. The van der Waals surface area contributed by atoms with Crippen molar-refractivity contribution in [3.05, 3.63) is 41.7 Å². The van der Waals surface area contributed by atoms with Crippen LogP contribution in [-0.2, 0) is 13.0 Å². The van der Waals surface area contributed by atoms with Gasteiger partial charge in [0.15, 0.2) is 0 Å². The summed E-state index contributed by atoms with van der Waals surface area (Å²) in [4.78, 5) is 0. The van der Waals surface area contributed by atoms with Crippen molar-refractivity contribution in [1.29, 1.82) is 0 Å². The van der Waals surface area contributed by atoms with Crippen LogP contribution in [0.3, 0.4) is 0 Å². The van der Waals surface area contributed by atoms with Crippen molar-refractivity contribution < 1.29 is 0 Å². The van der Waals surface area contributed by atoms with Crippen LogP contribution in [0.1, 0.15) is 36.9 Å².